The topological polar surface area (TPSA) is 68.0 Å². The monoisotopic (exact) mass is 431 g/mol. The number of rotatable bonds is 7. The van der Waals surface area contributed by atoms with Crippen LogP contribution in [-0.4, -0.2) is 33.3 Å². The van der Waals surface area contributed by atoms with Gasteiger partial charge in [-0.1, -0.05) is 6.07 Å². The Hall–Kier alpha value is -1.90. The second kappa shape index (κ2) is 10.8. The Bertz CT molecular complexity index is 588. The van der Waals surface area contributed by atoms with Crippen molar-refractivity contribution in [2.45, 2.75) is 6.54 Å². The third kappa shape index (κ3) is 6.81. The Labute approximate surface area is 153 Å². The molecule has 0 aliphatic carbocycles. The average molecular weight is 431 g/mol. The summed E-state index contributed by atoms with van der Waals surface area (Å²) in [6.07, 6.45) is 1.65. The van der Waals surface area contributed by atoms with Crippen LogP contribution in [0, 0.1) is 0 Å². The van der Waals surface area contributed by atoms with Gasteiger partial charge < -0.3 is 24.5 Å². The van der Waals surface area contributed by atoms with Crippen molar-refractivity contribution < 1.29 is 13.9 Å². The molecule has 0 fully saturated rings. The molecule has 0 amide bonds. The van der Waals surface area contributed by atoms with E-state index in [0.29, 0.717) is 25.7 Å². The van der Waals surface area contributed by atoms with Crippen molar-refractivity contribution in [3.8, 4) is 11.5 Å². The molecule has 0 radical (unpaired) electrons. The van der Waals surface area contributed by atoms with Crippen LogP contribution in [0.5, 0.6) is 11.5 Å². The molecule has 7 heteroatoms. The Balaban J connectivity index is 0.00000264. The van der Waals surface area contributed by atoms with Gasteiger partial charge in [-0.2, -0.15) is 0 Å². The highest BCUT2D eigenvalue weighted by atomic mass is 127. The highest BCUT2D eigenvalue weighted by molar-refractivity contribution is 14.0. The summed E-state index contributed by atoms with van der Waals surface area (Å²) in [5.41, 5.74) is 0. The molecule has 0 unspecified atom stereocenters. The van der Waals surface area contributed by atoms with Crippen LogP contribution >= 0.6 is 24.0 Å². The zero-order valence-electron chi connectivity index (χ0n) is 13.2. The molecule has 2 N–H and O–H groups in total. The molecule has 23 heavy (non-hydrogen) atoms. The minimum Gasteiger partial charge on any atom is -0.497 e. The predicted molar refractivity (Wildman–Crippen MR) is 101 cm³/mol. The first-order valence-corrected chi connectivity index (χ1v) is 7.05. The molecule has 1 aromatic heterocycles. The van der Waals surface area contributed by atoms with Crippen molar-refractivity contribution in [2.75, 3.05) is 27.3 Å². The van der Waals surface area contributed by atoms with E-state index in [2.05, 4.69) is 15.6 Å². The van der Waals surface area contributed by atoms with Gasteiger partial charge in [-0.15, -0.1) is 24.0 Å². The van der Waals surface area contributed by atoms with Crippen LogP contribution in [0.25, 0.3) is 0 Å². The summed E-state index contributed by atoms with van der Waals surface area (Å²) in [6.45, 7) is 1.74. The SMILES string of the molecule is CN=C(NCCOc1cccc(OC)c1)NCc1ccco1.I. The van der Waals surface area contributed by atoms with Crippen molar-refractivity contribution >= 4 is 29.9 Å². The first kappa shape index (κ1) is 19.1. The smallest absolute Gasteiger partial charge is 0.191 e. The standard InChI is InChI=1S/C16H21N3O3.HI/c1-17-16(19-12-15-7-4-9-21-15)18-8-10-22-14-6-3-5-13(11-14)20-2;/h3-7,9,11H,8,10,12H2,1-2H3,(H2,17,18,19);1H. The van der Waals surface area contributed by atoms with E-state index in [-0.39, 0.29) is 24.0 Å². The highest BCUT2D eigenvalue weighted by Gasteiger charge is 2.00. The Kier molecular flexibility index (Phi) is 8.96. The minimum absolute atomic E-state index is 0. The molecule has 0 saturated heterocycles. The van der Waals surface area contributed by atoms with Crippen molar-refractivity contribution in [3.05, 3.63) is 48.4 Å². The van der Waals surface area contributed by atoms with Crippen LogP contribution in [0.3, 0.4) is 0 Å². The molecular formula is C16H22IN3O3. The van der Waals surface area contributed by atoms with Gasteiger partial charge in [0.05, 0.1) is 26.5 Å². The van der Waals surface area contributed by atoms with E-state index in [9.17, 15) is 0 Å². The summed E-state index contributed by atoms with van der Waals surface area (Å²) in [4.78, 5) is 4.14. The Morgan fingerprint density at radius 1 is 1.17 bits per heavy atom. The highest BCUT2D eigenvalue weighted by Crippen LogP contribution is 2.18. The number of hydrogen-bond donors (Lipinski definition) is 2. The minimum atomic E-state index is 0. The summed E-state index contributed by atoms with van der Waals surface area (Å²) in [5.74, 6) is 3.11. The Morgan fingerprint density at radius 3 is 2.70 bits per heavy atom. The summed E-state index contributed by atoms with van der Waals surface area (Å²) in [5, 5.41) is 6.33. The summed E-state index contributed by atoms with van der Waals surface area (Å²) >= 11 is 0. The normalized spacial score (nSPS) is 10.6. The number of aliphatic imine (C=N–C) groups is 1. The molecule has 0 aliphatic heterocycles. The van der Waals surface area contributed by atoms with Gasteiger partial charge in [-0.05, 0) is 24.3 Å². The van der Waals surface area contributed by atoms with Crippen molar-refractivity contribution in [2.24, 2.45) is 4.99 Å². The first-order valence-electron chi connectivity index (χ1n) is 7.05. The fraction of sp³-hybridized carbons (Fsp3) is 0.312. The van der Waals surface area contributed by atoms with Crippen molar-refractivity contribution in [1.29, 1.82) is 0 Å². The molecule has 0 saturated carbocycles. The first-order chi connectivity index (χ1) is 10.8. The summed E-state index contributed by atoms with van der Waals surface area (Å²) in [7, 11) is 3.36. The maximum atomic E-state index is 5.65. The third-order valence-corrected chi connectivity index (χ3v) is 2.94. The second-order valence-corrected chi connectivity index (χ2v) is 4.46. The maximum absolute atomic E-state index is 5.65. The third-order valence-electron chi connectivity index (χ3n) is 2.94. The van der Waals surface area contributed by atoms with E-state index in [1.807, 2.05) is 36.4 Å². The van der Waals surface area contributed by atoms with Crippen molar-refractivity contribution in [3.63, 3.8) is 0 Å². The van der Waals surface area contributed by atoms with Crippen LogP contribution in [0.15, 0.2) is 52.1 Å². The number of benzene rings is 1. The quantitative estimate of drug-likeness (QED) is 0.306. The molecule has 0 bridgehead atoms. The molecule has 1 heterocycles. The fourth-order valence-electron chi connectivity index (χ4n) is 1.83. The second-order valence-electron chi connectivity index (χ2n) is 4.46. The van der Waals surface area contributed by atoms with Gasteiger partial charge in [-0.3, -0.25) is 4.99 Å². The molecule has 6 nitrogen and oxygen atoms in total. The number of nitrogens with zero attached hydrogens (tertiary/aromatic N) is 1. The van der Waals surface area contributed by atoms with E-state index < -0.39 is 0 Å². The molecule has 2 rings (SSSR count). The van der Waals surface area contributed by atoms with E-state index in [4.69, 9.17) is 13.9 Å². The molecule has 126 valence electrons. The number of furan rings is 1. The lowest BCUT2D eigenvalue weighted by Crippen LogP contribution is -2.38. The number of methoxy groups -OCH3 is 1. The molecule has 2 aromatic rings. The Morgan fingerprint density at radius 2 is 2.00 bits per heavy atom. The van der Waals surface area contributed by atoms with Crippen LogP contribution < -0.4 is 20.1 Å². The van der Waals surface area contributed by atoms with Gasteiger partial charge >= 0.3 is 0 Å². The maximum Gasteiger partial charge on any atom is 0.191 e. The van der Waals surface area contributed by atoms with Crippen LogP contribution in [-0.2, 0) is 6.54 Å². The van der Waals surface area contributed by atoms with Crippen LogP contribution in [0.2, 0.25) is 0 Å². The zero-order valence-corrected chi connectivity index (χ0v) is 15.6. The van der Waals surface area contributed by atoms with E-state index >= 15 is 0 Å². The van der Waals surface area contributed by atoms with Gasteiger partial charge in [0, 0.05) is 13.1 Å². The van der Waals surface area contributed by atoms with Gasteiger partial charge in [0.25, 0.3) is 0 Å². The predicted octanol–water partition coefficient (Wildman–Crippen LogP) is 2.65. The number of nitrogens with one attached hydrogen (secondary N) is 2. The molecule has 1 aromatic carbocycles. The van der Waals surface area contributed by atoms with Crippen LogP contribution in [0.4, 0.5) is 0 Å². The number of guanidine groups is 1. The van der Waals surface area contributed by atoms with E-state index in [1.54, 1.807) is 20.4 Å². The van der Waals surface area contributed by atoms with Gasteiger partial charge in [-0.25, -0.2) is 0 Å². The lowest BCUT2D eigenvalue weighted by atomic mass is 10.3. The lowest BCUT2D eigenvalue weighted by Gasteiger charge is -2.12. The number of ether oxygens (including phenoxy) is 2. The van der Waals surface area contributed by atoms with Crippen molar-refractivity contribution in [1.82, 2.24) is 10.6 Å². The van der Waals surface area contributed by atoms with Crippen LogP contribution in [0.1, 0.15) is 5.76 Å². The largest absolute Gasteiger partial charge is 0.497 e. The average Bonchev–Trinajstić information content (AvgIpc) is 3.08. The summed E-state index contributed by atoms with van der Waals surface area (Å²) in [6, 6.07) is 11.3. The molecular weight excluding hydrogens is 409 g/mol. The molecule has 0 atom stereocenters. The molecule has 0 spiro atoms. The van der Waals surface area contributed by atoms with E-state index in [1.165, 1.54) is 0 Å². The number of hydrogen-bond acceptors (Lipinski definition) is 4. The lowest BCUT2D eigenvalue weighted by molar-refractivity contribution is 0.319. The van der Waals surface area contributed by atoms with Gasteiger partial charge in [0.1, 0.15) is 23.9 Å². The summed E-state index contributed by atoms with van der Waals surface area (Å²) < 4.78 is 16.1. The fourth-order valence-corrected chi connectivity index (χ4v) is 1.83. The van der Waals surface area contributed by atoms with E-state index in [0.717, 1.165) is 17.3 Å². The zero-order chi connectivity index (χ0) is 15.6. The molecule has 0 aliphatic rings. The number of halogens is 1. The van der Waals surface area contributed by atoms with Gasteiger partial charge in [0.15, 0.2) is 5.96 Å². The van der Waals surface area contributed by atoms with Gasteiger partial charge in [0.2, 0.25) is 0 Å².